The van der Waals surface area contributed by atoms with Crippen molar-refractivity contribution in [2.45, 2.75) is 103 Å². The number of fused-ring (bicyclic) bond motifs is 1. The molecule has 3 rings (SSSR count). The van der Waals surface area contributed by atoms with E-state index >= 15 is 0 Å². The Balaban J connectivity index is 1.85. The second kappa shape index (κ2) is 8.93. The van der Waals surface area contributed by atoms with Crippen molar-refractivity contribution in [3.63, 3.8) is 0 Å². The molecule has 5 nitrogen and oxygen atoms in total. The molecule has 3 aliphatic rings. The molecule has 1 unspecified atom stereocenters. The standard InChI is InChI=1S/C26H46O5Si/c1-17-9-12-21-25(5,14-13-22(28)26(21,6)16-27)19(17)11-10-18-20(15-30-23(18)29)31-32(7,8)24(2,3)4/h10,19-23,27-29H,1,9,11-16H2,2-8H3/b18-10+/t19-,20-,21+,22-,23?,25+,26+/m1/s1. The summed E-state index contributed by atoms with van der Waals surface area (Å²) in [4.78, 5) is 0. The zero-order valence-corrected chi connectivity index (χ0v) is 22.3. The van der Waals surface area contributed by atoms with Crippen LogP contribution in [0.1, 0.15) is 66.7 Å². The second-order valence-corrected chi connectivity index (χ2v) is 17.3. The van der Waals surface area contributed by atoms with Gasteiger partial charge in [-0.05, 0) is 67.5 Å². The van der Waals surface area contributed by atoms with Crippen LogP contribution in [-0.4, -0.2) is 55.3 Å². The molecule has 2 aliphatic carbocycles. The number of hydrogen-bond donors (Lipinski definition) is 3. The van der Waals surface area contributed by atoms with E-state index < -0.39 is 26.1 Å². The first kappa shape index (κ1) is 26.1. The fourth-order valence-corrected chi connectivity index (χ4v) is 7.56. The average Bonchev–Trinajstić information content (AvgIpc) is 3.02. The van der Waals surface area contributed by atoms with Crippen LogP contribution in [0.25, 0.3) is 0 Å². The molecule has 1 aliphatic heterocycles. The predicted molar refractivity (Wildman–Crippen MR) is 131 cm³/mol. The smallest absolute Gasteiger partial charge is 0.193 e. The average molecular weight is 467 g/mol. The molecule has 32 heavy (non-hydrogen) atoms. The summed E-state index contributed by atoms with van der Waals surface area (Å²) in [5.41, 5.74) is 1.56. The Morgan fingerprint density at radius 2 is 1.88 bits per heavy atom. The van der Waals surface area contributed by atoms with Crippen LogP contribution in [0.2, 0.25) is 18.1 Å². The van der Waals surface area contributed by atoms with Gasteiger partial charge in [0.1, 0.15) is 0 Å². The lowest BCUT2D eigenvalue weighted by Crippen LogP contribution is -2.57. The van der Waals surface area contributed by atoms with Gasteiger partial charge in [0.2, 0.25) is 0 Å². The normalized spacial score (nSPS) is 42.4. The highest BCUT2D eigenvalue weighted by Gasteiger charge is 2.57. The van der Waals surface area contributed by atoms with Crippen LogP contribution in [0, 0.1) is 22.7 Å². The van der Waals surface area contributed by atoms with Crippen molar-refractivity contribution in [3.8, 4) is 0 Å². The van der Waals surface area contributed by atoms with E-state index in [1.165, 1.54) is 5.57 Å². The van der Waals surface area contributed by atoms with Crippen LogP contribution < -0.4 is 0 Å². The third-order valence-electron chi connectivity index (χ3n) is 9.59. The van der Waals surface area contributed by atoms with Gasteiger partial charge >= 0.3 is 0 Å². The molecule has 0 amide bonds. The predicted octanol–water partition coefficient (Wildman–Crippen LogP) is 4.78. The maximum atomic E-state index is 10.7. The Labute approximate surface area is 196 Å². The van der Waals surface area contributed by atoms with Gasteiger partial charge in [0.05, 0.1) is 25.4 Å². The van der Waals surface area contributed by atoms with Gasteiger partial charge < -0.3 is 24.5 Å². The molecule has 0 aromatic heterocycles. The molecular weight excluding hydrogens is 420 g/mol. The van der Waals surface area contributed by atoms with Crippen LogP contribution in [-0.2, 0) is 9.16 Å². The summed E-state index contributed by atoms with van der Waals surface area (Å²) < 4.78 is 12.2. The molecule has 3 fully saturated rings. The highest BCUT2D eigenvalue weighted by molar-refractivity contribution is 6.74. The number of rotatable bonds is 5. The molecule has 0 aromatic carbocycles. The topological polar surface area (TPSA) is 79.2 Å². The third kappa shape index (κ3) is 4.43. The number of allylic oxidation sites excluding steroid dienone is 2. The van der Waals surface area contributed by atoms with Crippen molar-refractivity contribution in [2.75, 3.05) is 13.2 Å². The van der Waals surface area contributed by atoms with Crippen molar-refractivity contribution in [3.05, 3.63) is 23.8 Å². The summed E-state index contributed by atoms with van der Waals surface area (Å²) in [5.74, 6) is 0.482. The Bertz CT molecular complexity index is 741. The fraction of sp³-hybridized carbons (Fsp3) is 0.846. The van der Waals surface area contributed by atoms with Gasteiger partial charge in [-0.25, -0.2) is 0 Å². The SMILES string of the molecule is C=C1CC[C@@H]2[C@](C)(CO)[C@H](O)CC[C@@]2(C)[C@@H]1C/C=C1/C(O)OC[C@H]1O[Si](C)(C)C(C)(C)C. The van der Waals surface area contributed by atoms with Crippen LogP contribution in [0.5, 0.6) is 0 Å². The zero-order valence-electron chi connectivity index (χ0n) is 21.3. The van der Waals surface area contributed by atoms with Crippen molar-refractivity contribution in [2.24, 2.45) is 22.7 Å². The van der Waals surface area contributed by atoms with E-state index in [1.807, 2.05) is 6.92 Å². The van der Waals surface area contributed by atoms with Gasteiger partial charge in [0, 0.05) is 11.0 Å². The highest BCUT2D eigenvalue weighted by Crippen LogP contribution is 2.61. The minimum atomic E-state index is -2.00. The lowest BCUT2D eigenvalue weighted by atomic mass is 9.46. The summed E-state index contributed by atoms with van der Waals surface area (Å²) in [6, 6.07) is 0. The number of hydrogen-bond acceptors (Lipinski definition) is 5. The molecule has 2 saturated carbocycles. The molecule has 3 N–H and O–H groups in total. The Morgan fingerprint density at radius 1 is 1.22 bits per heavy atom. The Kier molecular flexibility index (Phi) is 7.29. The minimum Gasteiger partial charge on any atom is -0.408 e. The summed E-state index contributed by atoms with van der Waals surface area (Å²) in [7, 11) is -2.00. The van der Waals surface area contributed by atoms with E-state index in [2.05, 4.69) is 53.4 Å². The second-order valence-electron chi connectivity index (χ2n) is 12.5. The van der Waals surface area contributed by atoms with Crippen molar-refractivity contribution in [1.82, 2.24) is 0 Å². The first-order chi connectivity index (χ1) is 14.7. The van der Waals surface area contributed by atoms with Gasteiger partial charge in [0.25, 0.3) is 0 Å². The molecule has 6 heteroatoms. The van der Waals surface area contributed by atoms with Gasteiger partial charge in [0.15, 0.2) is 14.6 Å². The van der Waals surface area contributed by atoms with E-state index in [0.717, 1.165) is 31.3 Å². The molecule has 0 aromatic rings. The number of ether oxygens (including phenoxy) is 1. The quantitative estimate of drug-likeness (QED) is 0.401. The van der Waals surface area contributed by atoms with Crippen LogP contribution in [0.4, 0.5) is 0 Å². The molecule has 7 atom stereocenters. The molecule has 0 bridgehead atoms. The Morgan fingerprint density at radius 3 is 2.47 bits per heavy atom. The third-order valence-corrected chi connectivity index (χ3v) is 14.1. The van der Waals surface area contributed by atoms with E-state index in [9.17, 15) is 15.3 Å². The van der Waals surface area contributed by atoms with E-state index in [4.69, 9.17) is 9.16 Å². The summed E-state index contributed by atoms with van der Waals surface area (Å²) in [5, 5.41) is 31.6. The summed E-state index contributed by atoms with van der Waals surface area (Å²) in [6.07, 6.45) is 4.82. The van der Waals surface area contributed by atoms with Gasteiger partial charge in [-0.1, -0.05) is 52.8 Å². The molecule has 0 spiro atoms. The molecule has 1 saturated heterocycles. The monoisotopic (exact) mass is 466 g/mol. The lowest BCUT2D eigenvalue weighted by Gasteiger charge is -2.59. The van der Waals surface area contributed by atoms with E-state index in [-0.39, 0.29) is 35.0 Å². The van der Waals surface area contributed by atoms with E-state index in [1.54, 1.807) is 0 Å². The lowest BCUT2D eigenvalue weighted by molar-refractivity contribution is -0.151. The van der Waals surface area contributed by atoms with Crippen LogP contribution in [0.15, 0.2) is 23.8 Å². The first-order valence-corrected chi connectivity index (χ1v) is 15.2. The number of aliphatic hydroxyl groups excluding tert-OH is 3. The molecule has 1 heterocycles. The summed E-state index contributed by atoms with van der Waals surface area (Å²) in [6.45, 7) is 20.3. The van der Waals surface area contributed by atoms with Crippen LogP contribution in [0.3, 0.4) is 0 Å². The van der Waals surface area contributed by atoms with Crippen molar-refractivity contribution >= 4 is 8.32 Å². The van der Waals surface area contributed by atoms with Crippen LogP contribution >= 0.6 is 0 Å². The summed E-state index contributed by atoms with van der Waals surface area (Å²) >= 11 is 0. The maximum absolute atomic E-state index is 10.7. The van der Waals surface area contributed by atoms with Gasteiger partial charge in [-0.3, -0.25) is 0 Å². The maximum Gasteiger partial charge on any atom is 0.193 e. The molecular formula is C26H46O5Si. The first-order valence-electron chi connectivity index (χ1n) is 12.3. The highest BCUT2D eigenvalue weighted by atomic mass is 28.4. The van der Waals surface area contributed by atoms with E-state index in [0.29, 0.717) is 13.0 Å². The number of aliphatic hydroxyl groups is 3. The van der Waals surface area contributed by atoms with Gasteiger partial charge in [-0.2, -0.15) is 0 Å². The zero-order chi connectivity index (χ0) is 24.1. The van der Waals surface area contributed by atoms with Gasteiger partial charge in [-0.15, -0.1) is 0 Å². The Hall–Kier alpha value is -0.503. The van der Waals surface area contributed by atoms with Crippen molar-refractivity contribution in [1.29, 1.82) is 0 Å². The largest absolute Gasteiger partial charge is 0.408 e. The minimum absolute atomic E-state index is 0.00366. The van der Waals surface area contributed by atoms with Crippen molar-refractivity contribution < 1.29 is 24.5 Å². The molecule has 184 valence electrons. The fourth-order valence-electron chi connectivity index (χ4n) is 6.29. The molecule has 0 radical (unpaired) electrons.